The number of amides is 1. The molecule has 1 aliphatic heterocycles. The minimum absolute atomic E-state index is 0.0892. The third kappa shape index (κ3) is 4.12. The summed E-state index contributed by atoms with van der Waals surface area (Å²) in [4.78, 5) is 29.4. The van der Waals surface area contributed by atoms with Crippen molar-refractivity contribution in [2.24, 2.45) is 0 Å². The molecule has 29 heavy (non-hydrogen) atoms. The summed E-state index contributed by atoms with van der Waals surface area (Å²) in [5.74, 6) is 1.12. The molecule has 2 aromatic carbocycles. The van der Waals surface area contributed by atoms with Crippen LogP contribution < -0.4 is 20.3 Å². The highest BCUT2D eigenvalue weighted by molar-refractivity contribution is 9.10. The summed E-state index contributed by atoms with van der Waals surface area (Å²) in [5.41, 5.74) is 2.22. The van der Waals surface area contributed by atoms with Crippen LogP contribution in [0.4, 0.5) is 5.69 Å². The van der Waals surface area contributed by atoms with Crippen LogP contribution in [0.2, 0.25) is 0 Å². The number of carbonyl (C=O) groups excluding carboxylic acids is 1. The van der Waals surface area contributed by atoms with Gasteiger partial charge in [0.1, 0.15) is 13.2 Å². The number of hydrogen-bond donors (Lipinski definition) is 1. The molecule has 0 saturated heterocycles. The van der Waals surface area contributed by atoms with Gasteiger partial charge in [-0.3, -0.25) is 14.2 Å². The number of fused-ring (bicyclic) bond motifs is 2. The zero-order valence-electron chi connectivity index (χ0n) is 15.9. The van der Waals surface area contributed by atoms with Crippen molar-refractivity contribution >= 4 is 38.4 Å². The number of para-hydroxylation sites is 1. The van der Waals surface area contributed by atoms with Crippen molar-refractivity contribution in [3.63, 3.8) is 0 Å². The molecule has 8 heteroatoms. The quantitative estimate of drug-likeness (QED) is 0.631. The number of rotatable bonds is 5. The first kappa shape index (κ1) is 19.4. The lowest BCUT2D eigenvalue weighted by atomic mass is 10.1. The Labute approximate surface area is 175 Å². The minimum atomic E-state index is -0.139. The van der Waals surface area contributed by atoms with E-state index in [1.807, 2.05) is 19.1 Å². The first-order chi connectivity index (χ1) is 14.0. The second-order valence-corrected chi connectivity index (χ2v) is 7.70. The number of aryl methyl sites for hydroxylation is 2. The van der Waals surface area contributed by atoms with Gasteiger partial charge in [-0.05, 0) is 40.9 Å². The predicted octanol–water partition coefficient (Wildman–Crippen LogP) is 3.66. The molecule has 1 aliphatic rings. The standard InChI is InChI=1S/C21H20BrN3O4/c1-13-4-2-5-14-20(13)23-12-25(21(14)27)7-3-6-19(26)24-16-11-18-17(10-15(16)22)28-8-9-29-18/h2,4-5,10-12H,3,6-9H2,1H3,(H,24,26). The third-order valence-corrected chi connectivity index (χ3v) is 5.42. The van der Waals surface area contributed by atoms with Crippen molar-refractivity contribution in [2.45, 2.75) is 26.3 Å². The molecule has 3 aromatic rings. The van der Waals surface area contributed by atoms with E-state index >= 15 is 0 Å². The van der Waals surface area contributed by atoms with Gasteiger partial charge in [-0.25, -0.2) is 4.98 Å². The average Bonchev–Trinajstić information content (AvgIpc) is 2.71. The van der Waals surface area contributed by atoms with E-state index in [1.165, 1.54) is 0 Å². The van der Waals surface area contributed by atoms with Crippen LogP contribution in [0.25, 0.3) is 10.9 Å². The molecule has 0 aliphatic carbocycles. The molecular weight excluding hydrogens is 438 g/mol. The summed E-state index contributed by atoms with van der Waals surface area (Å²) in [7, 11) is 0. The largest absolute Gasteiger partial charge is 0.486 e. The lowest BCUT2D eigenvalue weighted by Crippen LogP contribution is -2.22. The van der Waals surface area contributed by atoms with E-state index < -0.39 is 0 Å². The van der Waals surface area contributed by atoms with Crippen LogP contribution in [-0.2, 0) is 11.3 Å². The molecule has 0 radical (unpaired) electrons. The van der Waals surface area contributed by atoms with Crippen molar-refractivity contribution in [3.8, 4) is 11.5 Å². The number of ether oxygens (including phenoxy) is 2. The third-order valence-electron chi connectivity index (χ3n) is 4.76. The molecule has 1 aromatic heterocycles. The molecule has 0 unspecified atom stereocenters. The van der Waals surface area contributed by atoms with E-state index in [9.17, 15) is 9.59 Å². The van der Waals surface area contributed by atoms with E-state index in [0.29, 0.717) is 48.8 Å². The van der Waals surface area contributed by atoms with Crippen LogP contribution in [0.3, 0.4) is 0 Å². The van der Waals surface area contributed by atoms with Crippen LogP contribution >= 0.6 is 15.9 Å². The zero-order chi connectivity index (χ0) is 20.4. The molecule has 0 spiro atoms. The number of anilines is 1. The molecule has 0 atom stereocenters. The van der Waals surface area contributed by atoms with Gasteiger partial charge in [-0.2, -0.15) is 0 Å². The lowest BCUT2D eigenvalue weighted by molar-refractivity contribution is -0.116. The monoisotopic (exact) mass is 457 g/mol. The predicted molar refractivity (Wildman–Crippen MR) is 114 cm³/mol. The normalized spacial score (nSPS) is 12.8. The summed E-state index contributed by atoms with van der Waals surface area (Å²) in [5, 5.41) is 3.47. The van der Waals surface area contributed by atoms with E-state index in [0.717, 1.165) is 15.6 Å². The Kier molecular flexibility index (Phi) is 5.53. The highest BCUT2D eigenvalue weighted by Crippen LogP contribution is 2.38. The first-order valence-electron chi connectivity index (χ1n) is 9.36. The lowest BCUT2D eigenvalue weighted by Gasteiger charge is -2.20. The van der Waals surface area contributed by atoms with Gasteiger partial charge >= 0.3 is 0 Å². The molecule has 0 saturated carbocycles. The summed E-state index contributed by atoms with van der Waals surface area (Å²) in [6, 6.07) is 9.09. The van der Waals surface area contributed by atoms with Crippen LogP contribution in [0, 0.1) is 6.92 Å². The average molecular weight is 458 g/mol. The molecule has 150 valence electrons. The van der Waals surface area contributed by atoms with Crippen molar-refractivity contribution in [1.29, 1.82) is 0 Å². The Balaban J connectivity index is 1.39. The summed E-state index contributed by atoms with van der Waals surface area (Å²) < 4.78 is 13.3. The van der Waals surface area contributed by atoms with Gasteiger partial charge in [-0.15, -0.1) is 0 Å². The Hall–Kier alpha value is -2.87. The summed E-state index contributed by atoms with van der Waals surface area (Å²) in [6.45, 7) is 3.34. The fraction of sp³-hybridized carbons (Fsp3) is 0.286. The Morgan fingerprint density at radius 1 is 1.24 bits per heavy atom. The molecule has 7 nitrogen and oxygen atoms in total. The van der Waals surface area contributed by atoms with Crippen molar-refractivity contribution < 1.29 is 14.3 Å². The van der Waals surface area contributed by atoms with Gasteiger partial charge in [0, 0.05) is 29.6 Å². The maximum atomic E-state index is 12.6. The Bertz CT molecular complexity index is 1140. The van der Waals surface area contributed by atoms with E-state index in [4.69, 9.17) is 9.47 Å². The first-order valence-corrected chi connectivity index (χ1v) is 10.2. The smallest absolute Gasteiger partial charge is 0.261 e. The topological polar surface area (TPSA) is 82.5 Å². The van der Waals surface area contributed by atoms with Gasteiger partial charge in [0.2, 0.25) is 5.91 Å². The fourth-order valence-electron chi connectivity index (χ4n) is 3.28. The molecular formula is C21H20BrN3O4. The Morgan fingerprint density at radius 2 is 2.00 bits per heavy atom. The number of hydrogen-bond acceptors (Lipinski definition) is 5. The van der Waals surface area contributed by atoms with Gasteiger partial charge in [0.25, 0.3) is 5.56 Å². The molecule has 0 bridgehead atoms. The second-order valence-electron chi connectivity index (χ2n) is 6.84. The van der Waals surface area contributed by atoms with Gasteiger partial charge in [0.15, 0.2) is 11.5 Å². The summed E-state index contributed by atoms with van der Waals surface area (Å²) in [6.07, 6.45) is 2.35. The van der Waals surface area contributed by atoms with Gasteiger partial charge in [-0.1, -0.05) is 12.1 Å². The van der Waals surface area contributed by atoms with E-state index in [-0.39, 0.29) is 17.9 Å². The molecule has 2 heterocycles. The number of benzene rings is 2. The maximum absolute atomic E-state index is 12.6. The number of nitrogens with zero attached hydrogens (tertiary/aromatic N) is 2. The molecule has 4 rings (SSSR count). The molecule has 1 N–H and O–H groups in total. The van der Waals surface area contributed by atoms with Crippen molar-refractivity contribution in [2.75, 3.05) is 18.5 Å². The van der Waals surface area contributed by atoms with Crippen molar-refractivity contribution in [3.05, 3.63) is 57.0 Å². The minimum Gasteiger partial charge on any atom is -0.486 e. The number of aromatic nitrogens is 2. The zero-order valence-corrected chi connectivity index (χ0v) is 17.5. The van der Waals surface area contributed by atoms with Crippen LogP contribution in [-0.4, -0.2) is 28.7 Å². The highest BCUT2D eigenvalue weighted by Gasteiger charge is 2.16. The van der Waals surface area contributed by atoms with E-state index in [2.05, 4.69) is 26.2 Å². The van der Waals surface area contributed by atoms with Gasteiger partial charge < -0.3 is 14.8 Å². The number of carbonyl (C=O) groups is 1. The van der Waals surface area contributed by atoms with Crippen LogP contribution in [0.1, 0.15) is 18.4 Å². The molecule has 1 amide bonds. The SMILES string of the molecule is Cc1cccc2c(=O)n(CCCC(=O)Nc3cc4c(cc3Br)OCCO4)cnc12. The Morgan fingerprint density at radius 3 is 2.79 bits per heavy atom. The van der Waals surface area contributed by atoms with Crippen LogP contribution in [0.15, 0.2) is 45.9 Å². The van der Waals surface area contributed by atoms with Crippen molar-refractivity contribution in [1.82, 2.24) is 9.55 Å². The highest BCUT2D eigenvalue weighted by atomic mass is 79.9. The van der Waals surface area contributed by atoms with E-state index in [1.54, 1.807) is 29.1 Å². The maximum Gasteiger partial charge on any atom is 0.261 e. The fourth-order valence-corrected chi connectivity index (χ4v) is 3.70. The second kappa shape index (κ2) is 8.24. The number of nitrogens with one attached hydrogen (secondary N) is 1. The number of halogens is 1. The molecule has 0 fully saturated rings. The summed E-state index contributed by atoms with van der Waals surface area (Å²) >= 11 is 3.44. The van der Waals surface area contributed by atoms with Crippen LogP contribution in [0.5, 0.6) is 11.5 Å². The van der Waals surface area contributed by atoms with Gasteiger partial charge in [0.05, 0.1) is 22.9 Å².